The van der Waals surface area contributed by atoms with E-state index in [2.05, 4.69) is 0 Å². The number of phenolic OH excluding ortho intramolecular Hbond substituents is 1. The maximum Gasteiger partial charge on any atom is 0.330 e. The van der Waals surface area contributed by atoms with Gasteiger partial charge in [-0.05, 0) is 36.1 Å². The number of aryl methyl sites for hydroxylation is 2. The minimum absolute atomic E-state index is 0.0897. The molecular weight excluding hydrogens is 342 g/mol. The molecule has 0 saturated heterocycles. The van der Waals surface area contributed by atoms with E-state index < -0.39 is 15.2 Å². The Hall–Kier alpha value is -0.680. The van der Waals surface area contributed by atoms with Crippen LogP contribution >= 0.6 is 15.2 Å². The summed E-state index contributed by atoms with van der Waals surface area (Å²) in [5.41, 5.74) is 1.58. The quantitative estimate of drug-likeness (QED) is 0.634. The number of hydrogen-bond acceptors (Lipinski definition) is 7. The summed E-state index contributed by atoms with van der Waals surface area (Å²) >= 11 is 0. The number of phenols is 1. The van der Waals surface area contributed by atoms with Crippen LogP contribution in [0.3, 0.4) is 0 Å². The number of hydrogen-bond donors (Lipinski definition) is 1. The molecule has 132 valence electrons. The van der Waals surface area contributed by atoms with Crippen LogP contribution < -0.4 is 0 Å². The molecule has 0 aromatic heterocycles. The average molecular weight is 366 g/mol. The normalized spacial score (nSPS) is 12.5. The molecule has 0 unspecified atom stereocenters. The molecule has 9 heteroatoms. The maximum atomic E-state index is 12.1. The predicted molar refractivity (Wildman–Crippen MR) is 88.5 cm³/mol. The Morgan fingerprint density at radius 1 is 0.783 bits per heavy atom. The van der Waals surface area contributed by atoms with Crippen molar-refractivity contribution in [2.75, 3.05) is 40.8 Å². The highest BCUT2D eigenvalue weighted by Crippen LogP contribution is 2.47. The van der Waals surface area contributed by atoms with E-state index >= 15 is 0 Å². The van der Waals surface area contributed by atoms with Gasteiger partial charge in [0.2, 0.25) is 0 Å². The first-order valence-corrected chi connectivity index (χ1v) is 10.5. The second kappa shape index (κ2) is 8.97. The average Bonchev–Trinajstić information content (AvgIpc) is 2.57. The Bertz CT molecular complexity index is 539. The molecule has 1 rings (SSSR count). The second-order valence-electron chi connectivity index (χ2n) is 4.91. The highest BCUT2D eigenvalue weighted by molar-refractivity contribution is 7.54. The van der Waals surface area contributed by atoms with Gasteiger partial charge in [-0.3, -0.25) is 9.13 Å². The zero-order chi connectivity index (χ0) is 17.5. The largest absolute Gasteiger partial charge is 0.508 e. The molecule has 0 fully saturated rings. The molecule has 0 radical (unpaired) electrons. The van der Waals surface area contributed by atoms with Gasteiger partial charge in [0, 0.05) is 28.4 Å². The van der Waals surface area contributed by atoms with Crippen molar-refractivity contribution in [3.05, 3.63) is 29.3 Å². The molecule has 1 aromatic carbocycles. The molecule has 0 spiro atoms. The maximum absolute atomic E-state index is 12.1. The van der Waals surface area contributed by atoms with Crippen molar-refractivity contribution in [1.29, 1.82) is 0 Å². The topological polar surface area (TPSA) is 91.3 Å². The monoisotopic (exact) mass is 366 g/mol. The molecule has 0 amide bonds. The Labute approximate surface area is 137 Å². The molecular formula is C14H24O7P2. The van der Waals surface area contributed by atoms with Crippen molar-refractivity contribution < 1.29 is 32.3 Å². The lowest BCUT2D eigenvalue weighted by Gasteiger charge is -2.15. The van der Waals surface area contributed by atoms with E-state index in [1.54, 1.807) is 12.1 Å². The summed E-state index contributed by atoms with van der Waals surface area (Å²) in [5.74, 6) is 0.0897. The Kier molecular flexibility index (Phi) is 7.95. The van der Waals surface area contributed by atoms with Gasteiger partial charge >= 0.3 is 15.2 Å². The van der Waals surface area contributed by atoms with Crippen molar-refractivity contribution in [3.63, 3.8) is 0 Å². The smallest absolute Gasteiger partial charge is 0.330 e. The summed E-state index contributed by atoms with van der Waals surface area (Å²) in [7, 11) is -0.835. The fourth-order valence-corrected chi connectivity index (χ4v) is 4.17. The van der Waals surface area contributed by atoms with Gasteiger partial charge in [0.05, 0.1) is 12.3 Å². The molecule has 0 aliphatic rings. The van der Waals surface area contributed by atoms with Crippen molar-refractivity contribution in [3.8, 4) is 5.75 Å². The second-order valence-corrected chi connectivity index (χ2v) is 9.71. The van der Waals surface area contributed by atoms with Gasteiger partial charge in [-0.25, -0.2) is 0 Å². The van der Waals surface area contributed by atoms with E-state index in [0.717, 1.165) is 11.1 Å². The zero-order valence-electron chi connectivity index (χ0n) is 13.9. The van der Waals surface area contributed by atoms with Crippen LogP contribution in [0.15, 0.2) is 18.2 Å². The van der Waals surface area contributed by atoms with E-state index in [1.165, 1.54) is 28.4 Å². The summed E-state index contributed by atoms with van der Waals surface area (Å²) in [6, 6.07) is 5.03. The molecule has 0 heterocycles. The van der Waals surface area contributed by atoms with Crippen molar-refractivity contribution >= 4 is 15.2 Å². The highest BCUT2D eigenvalue weighted by atomic mass is 31.2. The molecule has 0 aliphatic heterocycles. The minimum atomic E-state index is -3.09. The first-order chi connectivity index (χ1) is 10.8. The molecule has 23 heavy (non-hydrogen) atoms. The fourth-order valence-electron chi connectivity index (χ4n) is 2.08. The lowest BCUT2D eigenvalue weighted by atomic mass is 10.1. The summed E-state index contributed by atoms with van der Waals surface area (Å²) in [6.07, 6.45) is 1.26. The van der Waals surface area contributed by atoms with Gasteiger partial charge in [-0.2, -0.15) is 0 Å². The first-order valence-electron chi connectivity index (χ1n) is 7.02. The summed E-state index contributed by atoms with van der Waals surface area (Å²) in [5, 5.41) is 9.82. The lowest BCUT2D eigenvalue weighted by molar-refractivity contribution is 0.275. The van der Waals surface area contributed by atoms with Crippen molar-refractivity contribution in [1.82, 2.24) is 0 Å². The molecule has 0 saturated carbocycles. The van der Waals surface area contributed by atoms with Crippen LogP contribution in [0.25, 0.3) is 0 Å². The van der Waals surface area contributed by atoms with Gasteiger partial charge in [0.1, 0.15) is 5.75 Å². The van der Waals surface area contributed by atoms with E-state index in [-0.39, 0.29) is 18.1 Å². The van der Waals surface area contributed by atoms with E-state index in [1.807, 2.05) is 6.07 Å². The highest BCUT2D eigenvalue weighted by Gasteiger charge is 2.22. The molecule has 0 aliphatic carbocycles. The van der Waals surface area contributed by atoms with Crippen LogP contribution in [-0.2, 0) is 40.1 Å². The Morgan fingerprint density at radius 2 is 1.13 bits per heavy atom. The minimum Gasteiger partial charge on any atom is -0.508 e. The molecule has 0 bridgehead atoms. The summed E-state index contributed by atoms with van der Waals surface area (Å²) in [6.45, 7) is 0. The zero-order valence-corrected chi connectivity index (χ0v) is 15.6. The van der Waals surface area contributed by atoms with Crippen molar-refractivity contribution in [2.24, 2.45) is 0 Å². The van der Waals surface area contributed by atoms with E-state index in [0.29, 0.717) is 12.8 Å². The Morgan fingerprint density at radius 3 is 1.43 bits per heavy atom. The fraction of sp³-hybridized carbons (Fsp3) is 0.571. The van der Waals surface area contributed by atoms with Crippen LogP contribution in [0.1, 0.15) is 11.1 Å². The number of aromatic hydroxyl groups is 1. The van der Waals surface area contributed by atoms with Gasteiger partial charge in [-0.15, -0.1) is 0 Å². The first kappa shape index (κ1) is 20.4. The SMILES string of the molecule is COP(=O)(CCc1cc(O)cc(CCP(=O)(OC)OC)c1)OC. The molecule has 0 atom stereocenters. The van der Waals surface area contributed by atoms with Crippen molar-refractivity contribution in [2.45, 2.75) is 12.8 Å². The predicted octanol–water partition coefficient (Wildman–Crippen LogP) is 3.45. The third-order valence-electron chi connectivity index (χ3n) is 3.50. The van der Waals surface area contributed by atoms with E-state index in [4.69, 9.17) is 18.1 Å². The van der Waals surface area contributed by atoms with Gasteiger partial charge < -0.3 is 23.2 Å². The summed E-state index contributed by atoms with van der Waals surface area (Å²) < 4.78 is 43.7. The van der Waals surface area contributed by atoms with Gasteiger partial charge in [0.15, 0.2) is 0 Å². The van der Waals surface area contributed by atoms with Crippen LogP contribution in [0.4, 0.5) is 0 Å². The molecule has 1 aromatic rings. The molecule has 7 nitrogen and oxygen atoms in total. The Balaban J connectivity index is 2.80. The lowest BCUT2D eigenvalue weighted by Crippen LogP contribution is -2.01. The third kappa shape index (κ3) is 6.38. The third-order valence-corrected chi connectivity index (χ3v) is 7.27. The van der Waals surface area contributed by atoms with Crippen LogP contribution in [0, 0.1) is 0 Å². The number of rotatable bonds is 10. The van der Waals surface area contributed by atoms with Crippen LogP contribution in [0.2, 0.25) is 0 Å². The van der Waals surface area contributed by atoms with Gasteiger partial charge in [-0.1, -0.05) is 6.07 Å². The standard InChI is InChI=1S/C14H24O7P2/c1-18-22(16,19-2)7-5-12-9-13(11-14(15)10-12)6-8-23(17,20-3)21-4/h9-11,15H,5-8H2,1-4H3. The van der Waals surface area contributed by atoms with Crippen LogP contribution in [0.5, 0.6) is 5.75 Å². The molecule has 1 N–H and O–H groups in total. The van der Waals surface area contributed by atoms with E-state index in [9.17, 15) is 14.2 Å². The van der Waals surface area contributed by atoms with Crippen LogP contribution in [-0.4, -0.2) is 45.9 Å². The van der Waals surface area contributed by atoms with Gasteiger partial charge in [0.25, 0.3) is 0 Å². The summed E-state index contributed by atoms with van der Waals surface area (Å²) in [4.78, 5) is 0. The number of benzene rings is 1.